The Kier molecular flexibility index (Phi) is 8.00. The summed E-state index contributed by atoms with van der Waals surface area (Å²) in [5.74, 6) is -0.00111. The highest BCUT2D eigenvalue weighted by Gasteiger charge is 2.16. The van der Waals surface area contributed by atoms with Gasteiger partial charge < -0.3 is 14.0 Å². The third-order valence-corrected chi connectivity index (χ3v) is 7.31. The lowest BCUT2D eigenvalue weighted by molar-refractivity contribution is -0.117. The van der Waals surface area contributed by atoms with Gasteiger partial charge in [-0.3, -0.25) is 4.79 Å². The fraction of sp³-hybridized carbons (Fsp3) is 0.364. The van der Waals surface area contributed by atoms with Crippen molar-refractivity contribution >= 4 is 37.3 Å². The van der Waals surface area contributed by atoms with Gasteiger partial charge in [-0.15, -0.1) is 0 Å². The quantitative estimate of drug-likeness (QED) is 0.431. The van der Waals surface area contributed by atoms with E-state index in [0.29, 0.717) is 31.2 Å². The minimum Gasteiger partial charge on any atom is -0.494 e. The smallest absolute Gasteiger partial charge is 0.249 e. The van der Waals surface area contributed by atoms with Crippen LogP contribution in [0.5, 0.6) is 5.75 Å². The average Bonchev–Trinajstić information content (AvgIpc) is 3.10. The van der Waals surface area contributed by atoms with Crippen molar-refractivity contribution in [3.8, 4) is 5.75 Å². The van der Waals surface area contributed by atoms with Crippen molar-refractivity contribution in [2.24, 2.45) is 4.99 Å². The molecule has 3 rings (SSSR count). The highest BCUT2D eigenvalue weighted by Crippen LogP contribution is 2.23. The molecule has 0 spiro atoms. The number of thiazole rings is 1. The second-order valence-corrected chi connectivity index (χ2v) is 9.80. The van der Waals surface area contributed by atoms with E-state index >= 15 is 0 Å². The molecule has 0 radical (unpaired) electrons. The van der Waals surface area contributed by atoms with Gasteiger partial charge in [-0.25, -0.2) is 8.42 Å². The molecule has 1 heterocycles. The number of nitrogens with zero attached hydrogens (tertiary/aromatic N) is 2. The summed E-state index contributed by atoms with van der Waals surface area (Å²) >= 11 is 1.37. The van der Waals surface area contributed by atoms with Crippen LogP contribution in [0.15, 0.2) is 58.4 Å². The Balaban J connectivity index is 1.86. The largest absolute Gasteiger partial charge is 0.494 e. The van der Waals surface area contributed by atoms with Gasteiger partial charge in [0.2, 0.25) is 5.91 Å². The van der Waals surface area contributed by atoms with Gasteiger partial charge in [0, 0.05) is 19.6 Å². The van der Waals surface area contributed by atoms with E-state index in [4.69, 9.17) is 9.47 Å². The molecule has 0 aliphatic carbocycles. The number of amides is 1. The molecule has 2 aromatic carbocycles. The van der Waals surface area contributed by atoms with Crippen molar-refractivity contribution in [1.29, 1.82) is 0 Å². The van der Waals surface area contributed by atoms with Crippen molar-refractivity contribution in [2.45, 2.75) is 31.7 Å². The first-order chi connectivity index (χ1) is 14.9. The van der Waals surface area contributed by atoms with Gasteiger partial charge in [-0.2, -0.15) is 4.99 Å². The summed E-state index contributed by atoms with van der Waals surface area (Å²) in [5, 5.41) is 0. The SMILES string of the molecule is CCOCCn1c(=NC(=O)CCS(=O)(=O)c2ccccc2)sc2cc(OCC)ccc21. The zero-order chi connectivity index (χ0) is 22.3. The van der Waals surface area contributed by atoms with Crippen molar-refractivity contribution < 1.29 is 22.7 Å². The maximum atomic E-state index is 12.5. The summed E-state index contributed by atoms with van der Waals surface area (Å²) in [6, 6.07) is 13.9. The van der Waals surface area contributed by atoms with E-state index < -0.39 is 15.7 Å². The van der Waals surface area contributed by atoms with Crippen LogP contribution in [-0.2, 0) is 25.9 Å². The lowest BCUT2D eigenvalue weighted by Gasteiger charge is -2.06. The Morgan fingerprint density at radius 3 is 2.58 bits per heavy atom. The van der Waals surface area contributed by atoms with Gasteiger partial charge in [0.1, 0.15) is 5.75 Å². The number of benzene rings is 2. The third kappa shape index (κ3) is 6.03. The monoisotopic (exact) mass is 462 g/mol. The van der Waals surface area contributed by atoms with Crippen molar-refractivity contribution in [1.82, 2.24) is 4.57 Å². The molecule has 0 aliphatic rings. The number of carbonyl (C=O) groups is 1. The number of sulfone groups is 1. The van der Waals surface area contributed by atoms with Crippen molar-refractivity contribution in [3.05, 3.63) is 53.3 Å². The third-order valence-electron chi connectivity index (χ3n) is 4.54. The van der Waals surface area contributed by atoms with Crippen LogP contribution in [0.1, 0.15) is 20.3 Å². The Morgan fingerprint density at radius 2 is 1.87 bits per heavy atom. The number of ether oxygens (including phenoxy) is 2. The zero-order valence-electron chi connectivity index (χ0n) is 17.6. The van der Waals surface area contributed by atoms with Crippen molar-refractivity contribution in [3.63, 3.8) is 0 Å². The predicted octanol–water partition coefficient (Wildman–Crippen LogP) is 3.43. The number of aromatic nitrogens is 1. The molecule has 0 N–H and O–H groups in total. The molecule has 3 aromatic rings. The van der Waals surface area contributed by atoms with Gasteiger partial charge in [0.25, 0.3) is 0 Å². The lowest BCUT2D eigenvalue weighted by atomic mass is 10.3. The summed E-state index contributed by atoms with van der Waals surface area (Å²) in [5.41, 5.74) is 0.927. The fourth-order valence-electron chi connectivity index (χ4n) is 3.04. The molecule has 7 nitrogen and oxygen atoms in total. The average molecular weight is 463 g/mol. The number of hydrogen-bond acceptors (Lipinski definition) is 6. The van der Waals surface area contributed by atoms with Crippen molar-refractivity contribution in [2.75, 3.05) is 25.6 Å². The van der Waals surface area contributed by atoms with E-state index in [0.717, 1.165) is 16.0 Å². The van der Waals surface area contributed by atoms with Crippen LogP contribution < -0.4 is 9.54 Å². The van der Waals surface area contributed by atoms with Gasteiger partial charge >= 0.3 is 0 Å². The second-order valence-electron chi connectivity index (χ2n) is 6.68. The van der Waals surface area contributed by atoms with Gasteiger partial charge in [0.15, 0.2) is 14.6 Å². The standard InChI is InChI=1S/C22H26N2O5S2/c1-3-28-14-13-24-19-11-10-17(29-4-2)16-20(19)30-22(24)23-21(25)12-15-31(26,27)18-8-6-5-7-9-18/h5-11,16H,3-4,12-15H2,1-2H3. The molecule has 1 amide bonds. The molecule has 0 saturated carbocycles. The molecule has 1 aromatic heterocycles. The molecule has 9 heteroatoms. The summed E-state index contributed by atoms with van der Waals surface area (Å²) in [7, 11) is -3.53. The second kappa shape index (κ2) is 10.7. The Labute approximate surface area is 185 Å². The van der Waals surface area contributed by atoms with Crippen LogP contribution in [0, 0.1) is 0 Å². The number of hydrogen-bond donors (Lipinski definition) is 0. The number of rotatable bonds is 10. The van der Waals surface area contributed by atoms with Crippen LogP contribution in [-0.4, -0.2) is 44.5 Å². The molecule has 0 fully saturated rings. The number of carbonyl (C=O) groups excluding carboxylic acids is 1. The molecule has 0 bridgehead atoms. The molecule has 0 unspecified atom stereocenters. The van der Waals surface area contributed by atoms with E-state index in [1.165, 1.54) is 23.5 Å². The van der Waals surface area contributed by atoms with Crippen LogP contribution >= 0.6 is 11.3 Å². The highest BCUT2D eigenvalue weighted by atomic mass is 32.2. The Hall–Kier alpha value is -2.49. The van der Waals surface area contributed by atoms with E-state index in [9.17, 15) is 13.2 Å². The fourth-order valence-corrected chi connectivity index (χ4v) is 5.39. The van der Waals surface area contributed by atoms with E-state index in [2.05, 4.69) is 4.99 Å². The molecule has 166 valence electrons. The van der Waals surface area contributed by atoms with Crippen LogP contribution in [0.25, 0.3) is 10.2 Å². The molecular weight excluding hydrogens is 436 g/mol. The minimum absolute atomic E-state index is 0.179. The summed E-state index contributed by atoms with van der Waals surface area (Å²) in [6.45, 7) is 6.03. The highest BCUT2D eigenvalue weighted by molar-refractivity contribution is 7.91. The maximum absolute atomic E-state index is 12.5. The van der Waals surface area contributed by atoms with Crippen LogP contribution in [0.3, 0.4) is 0 Å². The normalized spacial score (nSPS) is 12.4. The maximum Gasteiger partial charge on any atom is 0.249 e. The van der Waals surface area contributed by atoms with Crippen LogP contribution in [0.2, 0.25) is 0 Å². The summed E-state index contributed by atoms with van der Waals surface area (Å²) in [4.78, 5) is 17.5. The van der Waals surface area contributed by atoms with Crippen LogP contribution in [0.4, 0.5) is 0 Å². The molecular formula is C22H26N2O5S2. The topological polar surface area (TPSA) is 87.0 Å². The first kappa shape index (κ1) is 23.2. The van der Waals surface area contributed by atoms with E-state index in [1.54, 1.807) is 18.2 Å². The molecule has 0 aliphatic heterocycles. The van der Waals surface area contributed by atoms with Gasteiger partial charge in [-0.1, -0.05) is 29.5 Å². The predicted molar refractivity (Wildman–Crippen MR) is 121 cm³/mol. The summed E-state index contributed by atoms with van der Waals surface area (Å²) in [6.07, 6.45) is -0.179. The Bertz CT molecular complexity index is 1200. The zero-order valence-corrected chi connectivity index (χ0v) is 19.2. The van der Waals surface area contributed by atoms with Gasteiger partial charge in [-0.05, 0) is 44.2 Å². The van der Waals surface area contributed by atoms with E-state index in [1.807, 2.05) is 36.6 Å². The van der Waals surface area contributed by atoms with Gasteiger partial charge in [0.05, 0.1) is 34.1 Å². The first-order valence-corrected chi connectivity index (χ1v) is 12.6. The first-order valence-electron chi connectivity index (χ1n) is 10.1. The lowest BCUT2D eigenvalue weighted by Crippen LogP contribution is -2.20. The Morgan fingerprint density at radius 1 is 1.10 bits per heavy atom. The number of fused-ring (bicyclic) bond motifs is 1. The summed E-state index contributed by atoms with van der Waals surface area (Å²) < 4.78 is 38.8. The van der Waals surface area contributed by atoms with E-state index in [-0.39, 0.29) is 17.1 Å². The molecule has 0 saturated heterocycles. The molecule has 0 atom stereocenters. The minimum atomic E-state index is -3.53. The molecule has 31 heavy (non-hydrogen) atoms.